The predicted octanol–water partition coefficient (Wildman–Crippen LogP) is 2.86. The van der Waals surface area contributed by atoms with Crippen molar-refractivity contribution in [3.63, 3.8) is 0 Å². The van der Waals surface area contributed by atoms with Crippen molar-refractivity contribution in [1.82, 2.24) is 5.32 Å². The lowest BCUT2D eigenvalue weighted by Gasteiger charge is -2.31. The summed E-state index contributed by atoms with van der Waals surface area (Å²) in [6.45, 7) is 9.02. The number of hydrogen-bond donors (Lipinski definition) is 1. The molecule has 1 N–H and O–H groups in total. The zero-order valence-electron chi connectivity index (χ0n) is 11.5. The minimum absolute atomic E-state index is 0.276. The second kappa shape index (κ2) is 8.54. The molecule has 0 fully saturated rings. The van der Waals surface area contributed by atoms with Crippen molar-refractivity contribution in [1.29, 1.82) is 0 Å². The van der Waals surface area contributed by atoms with E-state index in [0.29, 0.717) is 6.04 Å². The molecule has 0 aromatic carbocycles. The number of rotatable bonds is 8. The Balaban J connectivity index is 2.68. The molecule has 1 heterocycles. The molecule has 0 saturated heterocycles. The van der Waals surface area contributed by atoms with E-state index in [2.05, 4.69) is 26.1 Å². The van der Waals surface area contributed by atoms with E-state index in [1.165, 1.54) is 5.57 Å². The molecule has 0 aromatic heterocycles. The smallest absolute Gasteiger partial charge is 0.0876 e. The fourth-order valence-corrected chi connectivity index (χ4v) is 2.38. The Bertz CT molecular complexity index is 222. The minimum atomic E-state index is 0.276. The molecule has 3 nitrogen and oxygen atoms in total. The van der Waals surface area contributed by atoms with Crippen LogP contribution in [0.5, 0.6) is 0 Å². The molecule has 0 radical (unpaired) electrons. The lowest BCUT2D eigenvalue weighted by Crippen LogP contribution is -2.43. The van der Waals surface area contributed by atoms with Gasteiger partial charge in [-0.05, 0) is 38.3 Å². The van der Waals surface area contributed by atoms with Gasteiger partial charge in [0, 0.05) is 6.61 Å². The van der Waals surface area contributed by atoms with Gasteiger partial charge in [0.05, 0.1) is 25.0 Å². The van der Waals surface area contributed by atoms with E-state index in [0.717, 1.165) is 45.4 Å². The van der Waals surface area contributed by atoms with E-state index < -0.39 is 0 Å². The van der Waals surface area contributed by atoms with E-state index >= 15 is 0 Å². The Labute approximate surface area is 106 Å². The molecule has 0 saturated carbocycles. The van der Waals surface area contributed by atoms with Crippen LogP contribution in [0, 0.1) is 0 Å². The quantitative estimate of drug-likeness (QED) is 0.709. The van der Waals surface area contributed by atoms with Gasteiger partial charge >= 0.3 is 0 Å². The van der Waals surface area contributed by atoms with Crippen LogP contribution in [0.15, 0.2) is 11.8 Å². The average molecular weight is 241 g/mol. The van der Waals surface area contributed by atoms with E-state index in [4.69, 9.17) is 9.47 Å². The number of ether oxygens (including phenoxy) is 2. The summed E-state index contributed by atoms with van der Waals surface area (Å²) in [4.78, 5) is 0. The van der Waals surface area contributed by atoms with Gasteiger partial charge in [0.25, 0.3) is 0 Å². The predicted molar refractivity (Wildman–Crippen MR) is 71.1 cm³/mol. The minimum Gasteiger partial charge on any atom is -0.501 e. The Kier molecular flexibility index (Phi) is 7.29. The highest BCUT2D eigenvalue weighted by molar-refractivity contribution is 5.12. The number of likely N-dealkylation sites (N-methyl/N-ethyl adjacent to an activating group) is 1. The third-order valence-corrected chi connectivity index (χ3v) is 3.11. The second-order valence-corrected chi connectivity index (χ2v) is 4.48. The molecule has 0 aliphatic carbocycles. The monoisotopic (exact) mass is 241 g/mol. The summed E-state index contributed by atoms with van der Waals surface area (Å²) in [6, 6.07) is 0.320. The maximum absolute atomic E-state index is 5.89. The first kappa shape index (κ1) is 14.5. The van der Waals surface area contributed by atoms with Gasteiger partial charge in [0.1, 0.15) is 0 Å². The third kappa shape index (κ3) is 4.68. The van der Waals surface area contributed by atoms with Crippen molar-refractivity contribution in [2.75, 3.05) is 19.8 Å². The van der Waals surface area contributed by atoms with Crippen molar-refractivity contribution in [2.45, 2.75) is 58.6 Å². The van der Waals surface area contributed by atoms with Crippen LogP contribution in [0.3, 0.4) is 0 Å². The van der Waals surface area contributed by atoms with E-state index in [9.17, 15) is 0 Å². The fourth-order valence-electron chi connectivity index (χ4n) is 2.38. The van der Waals surface area contributed by atoms with Crippen molar-refractivity contribution in [3.8, 4) is 0 Å². The van der Waals surface area contributed by atoms with Gasteiger partial charge in [-0.1, -0.05) is 20.3 Å². The molecule has 1 aliphatic heterocycles. The Morgan fingerprint density at radius 1 is 1.41 bits per heavy atom. The number of nitrogens with one attached hydrogen (secondary N) is 1. The summed E-state index contributed by atoms with van der Waals surface area (Å²) >= 11 is 0. The molecule has 2 atom stereocenters. The number of hydrogen-bond acceptors (Lipinski definition) is 3. The second-order valence-electron chi connectivity index (χ2n) is 4.48. The molecule has 3 heteroatoms. The highest BCUT2D eigenvalue weighted by Gasteiger charge is 2.25. The standard InChI is InChI=1S/C14H27NO2/c1-4-8-13(17-6-3)14(15-5-2)12-9-7-10-16-11-12/h11,13-15H,4-10H2,1-3H3. The summed E-state index contributed by atoms with van der Waals surface area (Å²) in [6.07, 6.45) is 6.73. The topological polar surface area (TPSA) is 30.5 Å². The van der Waals surface area contributed by atoms with E-state index in [1.54, 1.807) is 0 Å². The Hall–Kier alpha value is -0.540. The van der Waals surface area contributed by atoms with Crippen LogP contribution >= 0.6 is 0 Å². The maximum atomic E-state index is 5.89. The van der Waals surface area contributed by atoms with Crippen LogP contribution in [0.4, 0.5) is 0 Å². The van der Waals surface area contributed by atoms with Crippen molar-refractivity contribution >= 4 is 0 Å². The van der Waals surface area contributed by atoms with Gasteiger partial charge in [-0.2, -0.15) is 0 Å². The van der Waals surface area contributed by atoms with Gasteiger partial charge in [-0.25, -0.2) is 0 Å². The van der Waals surface area contributed by atoms with Crippen molar-refractivity contribution < 1.29 is 9.47 Å². The first-order valence-corrected chi connectivity index (χ1v) is 6.98. The maximum Gasteiger partial charge on any atom is 0.0876 e. The first-order chi connectivity index (χ1) is 8.33. The molecule has 0 bridgehead atoms. The zero-order valence-corrected chi connectivity index (χ0v) is 11.5. The molecular weight excluding hydrogens is 214 g/mol. The van der Waals surface area contributed by atoms with Crippen LogP contribution in [0.25, 0.3) is 0 Å². The summed E-state index contributed by atoms with van der Waals surface area (Å²) < 4.78 is 11.3. The van der Waals surface area contributed by atoms with Crippen LogP contribution in [-0.2, 0) is 9.47 Å². The normalized spacial score (nSPS) is 19.4. The highest BCUT2D eigenvalue weighted by atomic mass is 16.5. The van der Waals surface area contributed by atoms with Gasteiger partial charge < -0.3 is 14.8 Å². The summed E-state index contributed by atoms with van der Waals surface area (Å²) in [5, 5.41) is 3.55. The highest BCUT2D eigenvalue weighted by Crippen LogP contribution is 2.21. The van der Waals surface area contributed by atoms with Crippen molar-refractivity contribution in [2.24, 2.45) is 0 Å². The lowest BCUT2D eigenvalue weighted by molar-refractivity contribution is 0.0342. The summed E-state index contributed by atoms with van der Waals surface area (Å²) in [5.41, 5.74) is 1.37. The molecular formula is C14H27NO2. The van der Waals surface area contributed by atoms with Gasteiger partial charge in [0.2, 0.25) is 0 Å². The molecule has 0 spiro atoms. The van der Waals surface area contributed by atoms with Gasteiger partial charge in [-0.3, -0.25) is 0 Å². The zero-order chi connectivity index (χ0) is 12.5. The Morgan fingerprint density at radius 2 is 2.24 bits per heavy atom. The summed E-state index contributed by atoms with van der Waals surface area (Å²) in [7, 11) is 0. The van der Waals surface area contributed by atoms with Crippen molar-refractivity contribution in [3.05, 3.63) is 11.8 Å². The van der Waals surface area contributed by atoms with Crippen LogP contribution in [-0.4, -0.2) is 31.9 Å². The van der Waals surface area contributed by atoms with Crippen LogP contribution < -0.4 is 5.32 Å². The fraction of sp³-hybridized carbons (Fsp3) is 0.857. The van der Waals surface area contributed by atoms with E-state index in [1.807, 2.05) is 6.26 Å². The summed E-state index contributed by atoms with van der Waals surface area (Å²) in [5.74, 6) is 0. The lowest BCUT2D eigenvalue weighted by atomic mass is 9.94. The van der Waals surface area contributed by atoms with Crippen LogP contribution in [0.2, 0.25) is 0 Å². The SMILES string of the molecule is CCCC(OCC)C(NCC)C1=COCCC1. The molecule has 0 aromatic rings. The molecule has 17 heavy (non-hydrogen) atoms. The van der Waals surface area contributed by atoms with E-state index in [-0.39, 0.29) is 6.10 Å². The average Bonchev–Trinajstić information content (AvgIpc) is 2.37. The van der Waals surface area contributed by atoms with Crippen LogP contribution in [0.1, 0.15) is 46.5 Å². The van der Waals surface area contributed by atoms with Gasteiger partial charge in [-0.15, -0.1) is 0 Å². The third-order valence-electron chi connectivity index (χ3n) is 3.11. The molecule has 0 amide bonds. The largest absolute Gasteiger partial charge is 0.501 e. The first-order valence-electron chi connectivity index (χ1n) is 6.98. The molecule has 1 rings (SSSR count). The molecule has 100 valence electrons. The Morgan fingerprint density at radius 3 is 2.76 bits per heavy atom. The molecule has 1 aliphatic rings. The molecule has 2 unspecified atom stereocenters. The van der Waals surface area contributed by atoms with Gasteiger partial charge in [0.15, 0.2) is 0 Å².